The van der Waals surface area contributed by atoms with Crippen molar-refractivity contribution in [2.24, 2.45) is 0 Å². The lowest BCUT2D eigenvalue weighted by atomic mass is 9.82. The molecule has 630 valence electrons. The molecule has 0 saturated carbocycles. The molecule has 0 aromatic heterocycles. The first kappa shape index (κ1) is 79.3. The second kappa shape index (κ2) is 33.3. The third kappa shape index (κ3) is 13.9. The van der Waals surface area contributed by atoms with E-state index in [0.717, 1.165) is 0 Å². The van der Waals surface area contributed by atoms with Crippen molar-refractivity contribution in [3.63, 3.8) is 0 Å². The van der Waals surface area contributed by atoms with Gasteiger partial charge in [0.2, 0.25) is 0 Å². The average Bonchev–Trinajstić information content (AvgIpc) is 0.721. The highest BCUT2D eigenvalue weighted by Gasteiger charge is 2.25. The molecule has 0 aliphatic heterocycles. The van der Waals surface area contributed by atoms with Crippen LogP contribution in [0.3, 0.4) is 0 Å². The zero-order chi connectivity index (χ0) is 89.7. The van der Waals surface area contributed by atoms with E-state index in [1.165, 1.54) is 273 Å². The molecule has 28 rings (SSSR count). The van der Waals surface area contributed by atoms with Crippen LogP contribution in [0.1, 0.15) is 0 Å². The standard InChI is InChI=1S/C48H30.2C44H28/c1-4-13-35-27-38(20-17-31(35)9-1)39-24-25-43-45(30-39)47(41-22-19-33-11-3-6-15-37(33)29-41)48-42-16-8-7-12-34(42)23-26-44(48)46(43)40-21-18-32-10-2-5-14-36(32)28-40;1-3-13-32-26-35(22-20-29(32)10-1)43-39-17-7-8-18-40(39)44(36-23-21-30-11-2-4-14-33(30)27-36)42-28-34(24-25-41(42)43)38-19-9-15-31-12-5-6-16-37(31)38;1-2-10-29(11-3-1)35-23-24-39-41(28-35)43(37-21-19-31-13-5-7-16-34(31)27-37)44-38-17-9-8-14-32(38)22-25-40(44)42(39)36-20-18-30-12-4-6-15-33(30)26-36/h1-30H;2*1-28H. The molecule has 0 nitrogen and oxygen atoms in total. The maximum Gasteiger partial charge on any atom is -0.00141 e. The Morgan fingerprint density at radius 2 is 0.287 bits per heavy atom. The summed E-state index contributed by atoms with van der Waals surface area (Å²) in [6.45, 7) is 0. The van der Waals surface area contributed by atoms with E-state index >= 15 is 0 Å². The quantitative estimate of drug-likeness (QED) is 0.0998. The summed E-state index contributed by atoms with van der Waals surface area (Å²) in [5.74, 6) is 0. The molecule has 0 N–H and O–H groups in total. The minimum absolute atomic E-state index is 1.22. The van der Waals surface area contributed by atoms with Gasteiger partial charge in [0.15, 0.2) is 0 Å². The van der Waals surface area contributed by atoms with Gasteiger partial charge in [-0.3, -0.25) is 0 Å². The van der Waals surface area contributed by atoms with Gasteiger partial charge in [-0.1, -0.05) is 461 Å². The van der Waals surface area contributed by atoms with Gasteiger partial charge in [-0.2, -0.15) is 0 Å². The van der Waals surface area contributed by atoms with Crippen LogP contribution >= 0.6 is 0 Å². The lowest BCUT2D eigenvalue weighted by molar-refractivity contribution is 1.64. The SMILES string of the molecule is c1ccc(-c2ccc3c(-c4ccc5ccccc5c4)c4ccc5ccccc5c4c(-c4ccc5ccccc5c4)c3c2)cc1.c1ccc2cc(-c3c4ccccc4c(-c4ccc5ccccc5c4)c4cc(-c5cccc6ccccc56)ccc34)ccc2c1.c1ccc2cc(-c3ccc4c(-c5ccc6ccccc6c5)c5ccc6ccccc6c5c(-c5ccc6ccccc6c5)c4c3)ccc2c1. The van der Waals surface area contributed by atoms with Crippen LogP contribution in [-0.2, 0) is 0 Å². The van der Waals surface area contributed by atoms with Crippen molar-refractivity contribution in [3.8, 4) is 100 Å². The van der Waals surface area contributed by atoms with Gasteiger partial charge in [0.05, 0.1) is 0 Å². The molecule has 136 heavy (non-hydrogen) atoms. The Balaban J connectivity index is 0.000000106. The number of fused-ring (bicyclic) bond motifs is 18. The van der Waals surface area contributed by atoms with E-state index in [-0.39, 0.29) is 0 Å². The van der Waals surface area contributed by atoms with Gasteiger partial charge in [0, 0.05) is 0 Å². The van der Waals surface area contributed by atoms with E-state index in [4.69, 9.17) is 0 Å². The summed E-state index contributed by atoms with van der Waals surface area (Å²) in [7, 11) is 0. The fraction of sp³-hybridized carbons (Fsp3) is 0. The van der Waals surface area contributed by atoms with Crippen LogP contribution in [0.15, 0.2) is 522 Å². The van der Waals surface area contributed by atoms with Crippen molar-refractivity contribution in [2.75, 3.05) is 0 Å². The predicted octanol–water partition coefficient (Wildman–Crippen LogP) is 38.5. The fourth-order valence-electron chi connectivity index (χ4n) is 22.1. The van der Waals surface area contributed by atoms with Crippen LogP contribution in [0, 0.1) is 0 Å². The maximum absolute atomic E-state index is 2.44. The zero-order valence-electron chi connectivity index (χ0n) is 74.7. The van der Waals surface area contributed by atoms with Crippen molar-refractivity contribution < 1.29 is 0 Å². The van der Waals surface area contributed by atoms with Crippen molar-refractivity contribution in [3.05, 3.63) is 522 Å². The monoisotopic (exact) mass is 1720 g/mol. The maximum atomic E-state index is 2.44. The normalized spacial score (nSPS) is 11.7. The molecule has 0 radical (unpaired) electrons. The smallest absolute Gasteiger partial charge is 0.00141 e. The molecule has 0 bridgehead atoms. The second-order valence-corrected chi connectivity index (χ2v) is 36.3. The van der Waals surface area contributed by atoms with Crippen LogP contribution in [0.25, 0.3) is 273 Å². The first-order valence-electron chi connectivity index (χ1n) is 47.2. The van der Waals surface area contributed by atoms with Crippen molar-refractivity contribution in [1.29, 1.82) is 0 Å². The van der Waals surface area contributed by atoms with Gasteiger partial charge in [-0.25, -0.2) is 0 Å². The van der Waals surface area contributed by atoms with Crippen LogP contribution in [-0.4, -0.2) is 0 Å². The van der Waals surface area contributed by atoms with E-state index in [0.29, 0.717) is 0 Å². The molecule has 0 heteroatoms. The van der Waals surface area contributed by atoms with E-state index in [9.17, 15) is 0 Å². The summed E-state index contributed by atoms with van der Waals surface area (Å²) in [6.07, 6.45) is 0. The summed E-state index contributed by atoms with van der Waals surface area (Å²) < 4.78 is 0. The Bertz CT molecular complexity index is 9750. The number of benzene rings is 28. The molecule has 0 heterocycles. The largest absolute Gasteiger partial charge is 0.0622 e. The van der Waals surface area contributed by atoms with E-state index < -0.39 is 0 Å². The van der Waals surface area contributed by atoms with Gasteiger partial charge in [0.25, 0.3) is 0 Å². The summed E-state index contributed by atoms with van der Waals surface area (Å²) in [6, 6.07) is 192. The van der Waals surface area contributed by atoms with Crippen molar-refractivity contribution in [2.45, 2.75) is 0 Å². The first-order valence-corrected chi connectivity index (χ1v) is 47.2. The Morgan fingerprint density at radius 3 is 0.654 bits per heavy atom. The molecule has 0 saturated heterocycles. The third-order valence-corrected chi connectivity index (χ3v) is 28.6. The lowest BCUT2D eigenvalue weighted by Crippen LogP contribution is -1.93. The van der Waals surface area contributed by atoms with Gasteiger partial charge in [-0.05, 0) is 333 Å². The molecule has 0 unspecified atom stereocenters. The minimum atomic E-state index is 1.22. The highest BCUT2D eigenvalue weighted by molar-refractivity contribution is 6.31. The van der Waals surface area contributed by atoms with Gasteiger partial charge < -0.3 is 0 Å². The average molecular weight is 1720 g/mol. The predicted molar refractivity (Wildman–Crippen MR) is 588 cm³/mol. The summed E-state index contributed by atoms with van der Waals surface area (Å²) in [5, 5.41) is 40.5. The molecular formula is C136H86. The Hall–Kier alpha value is -17.7. The second-order valence-electron chi connectivity index (χ2n) is 36.3. The molecule has 0 aliphatic rings. The van der Waals surface area contributed by atoms with Crippen LogP contribution in [0.2, 0.25) is 0 Å². The molecule has 28 aromatic rings. The van der Waals surface area contributed by atoms with Crippen molar-refractivity contribution >= 4 is 172 Å². The highest BCUT2D eigenvalue weighted by atomic mass is 14.3. The van der Waals surface area contributed by atoms with Crippen molar-refractivity contribution in [1.82, 2.24) is 0 Å². The zero-order valence-corrected chi connectivity index (χ0v) is 74.7. The Kier molecular flexibility index (Phi) is 19.4. The molecule has 0 atom stereocenters. The highest BCUT2D eigenvalue weighted by Crippen LogP contribution is 2.53. The number of hydrogen-bond donors (Lipinski definition) is 0. The van der Waals surface area contributed by atoms with Gasteiger partial charge in [0.1, 0.15) is 0 Å². The summed E-state index contributed by atoms with van der Waals surface area (Å²) in [4.78, 5) is 0. The molecule has 28 aromatic carbocycles. The molecule has 0 fully saturated rings. The Labute approximate surface area is 788 Å². The van der Waals surface area contributed by atoms with Crippen LogP contribution in [0.5, 0.6) is 0 Å². The minimum Gasteiger partial charge on any atom is -0.0622 e. The fourth-order valence-corrected chi connectivity index (χ4v) is 22.1. The topological polar surface area (TPSA) is 0 Å². The Morgan fingerprint density at radius 1 is 0.0809 bits per heavy atom. The molecule has 0 aliphatic carbocycles. The van der Waals surface area contributed by atoms with Crippen LogP contribution < -0.4 is 0 Å². The number of rotatable bonds is 9. The van der Waals surface area contributed by atoms with E-state index in [1.807, 2.05) is 0 Å². The lowest BCUT2D eigenvalue weighted by Gasteiger charge is -2.21. The molecular weight excluding hydrogens is 1630 g/mol. The van der Waals surface area contributed by atoms with E-state index in [1.54, 1.807) is 0 Å². The number of hydrogen-bond acceptors (Lipinski definition) is 0. The van der Waals surface area contributed by atoms with Crippen LogP contribution in [0.4, 0.5) is 0 Å². The third-order valence-electron chi connectivity index (χ3n) is 28.6. The first-order chi connectivity index (χ1) is 67.4. The van der Waals surface area contributed by atoms with Gasteiger partial charge in [-0.15, -0.1) is 0 Å². The molecule has 0 spiro atoms. The summed E-state index contributed by atoms with van der Waals surface area (Å²) >= 11 is 0. The van der Waals surface area contributed by atoms with Gasteiger partial charge >= 0.3 is 0 Å². The summed E-state index contributed by atoms with van der Waals surface area (Å²) in [5.41, 5.74) is 22.6. The van der Waals surface area contributed by atoms with E-state index in [2.05, 4.69) is 522 Å². The molecule has 0 amide bonds.